The summed E-state index contributed by atoms with van der Waals surface area (Å²) in [6, 6.07) is 20.2. The van der Waals surface area contributed by atoms with Gasteiger partial charge in [-0.3, -0.25) is 9.59 Å². The van der Waals surface area contributed by atoms with E-state index in [1.807, 2.05) is 62.4 Å². The maximum absolute atomic E-state index is 13.7. The summed E-state index contributed by atoms with van der Waals surface area (Å²) in [6.07, 6.45) is 0. The standard InChI is InChI=1S/C26H17N3O4S2/c1-14-8-7-11-18(15(14)2)29-23(30)21(34-25-27-16-9-3-5-12-19(16)32-25)22(24(29)31)35-26-28-17-10-4-6-13-20(17)33-26/h3-13H,1-2H3. The van der Waals surface area contributed by atoms with E-state index in [0.29, 0.717) is 27.9 Å². The molecule has 9 heteroatoms. The lowest BCUT2D eigenvalue weighted by Gasteiger charge is -2.18. The zero-order valence-corrected chi connectivity index (χ0v) is 20.3. The van der Waals surface area contributed by atoms with Gasteiger partial charge in [-0.05, 0) is 78.8 Å². The van der Waals surface area contributed by atoms with Crippen molar-refractivity contribution in [1.29, 1.82) is 0 Å². The average molecular weight is 500 g/mol. The summed E-state index contributed by atoms with van der Waals surface area (Å²) in [7, 11) is 0. The molecule has 1 aliphatic rings. The number of carbonyl (C=O) groups excluding carboxylic acids is 2. The van der Waals surface area contributed by atoms with Gasteiger partial charge in [0.2, 0.25) is 0 Å². The fourth-order valence-electron chi connectivity index (χ4n) is 3.83. The summed E-state index contributed by atoms with van der Waals surface area (Å²) in [4.78, 5) is 37.9. The lowest BCUT2D eigenvalue weighted by Crippen LogP contribution is -2.32. The van der Waals surface area contributed by atoms with E-state index < -0.39 is 11.8 Å². The Morgan fingerprint density at radius 2 is 1.20 bits per heavy atom. The highest BCUT2D eigenvalue weighted by Gasteiger charge is 2.42. The zero-order valence-electron chi connectivity index (χ0n) is 18.6. The first-order valence-corrected chi connectivity index (χ1v) is 12.4. The number of fused-ring (bicyclic) bond motifs is 2. The van der Waals surface area contributed by atoms with Crippen molar-refractivity contribution < 1.29 is 18.4 Å². The number of nitrogens with zero attached hydrogens (tertiary/aromatic N) is 3. The van der Waals surface area contributed by atoms with Crippen molar-refractivity contribution in [1.82, 2.24) is 9.97 Å². The molecule has 5 aromatic rings. The first kappa shape index (κ1) is 21.7. The second-order valence-electron chi connectivity index (χ2n) is 7.92. The first-order valence-electron chi connectivity index (χ1n) is 10.8. The maximum atomic E-state index is 13.7. The Balaban J connectivity index is 1.44. The minimum Gasteiger partial charge on any atom is -0.431 e. The number of hydrogen-bond donors (Lipinski definition) is 0. The molecule has 0 saturated heterocycles. The lowest BCUT2D eigenvalue weighted by molar-refractivity contribution is -0.120. The molecule has 2 amide bonds. The van der Waals surface area contributed by atoms with Gasteiger partial charge in [0.25, 0.3) is 22.3 Å². The van der Waals surface area contributed by atoms with E-state index in [1.165, 1.54) is 4.90 Å². The number of benzene rings is 3. The van der Waals surface area contributed by atoms with Crippen molar-refractivity contribution in [2.45, 2.75) is 24.3 Å². The number of thioether (sulfide) groups is 2. The Morgan fingerprint density at radius 1 is 0.686 bits per heavy atom. The molecule has 0 bridgehead atoms. The molecule has 1 aliphatic heterocycles. The number of anilines is 1. The summed E-state index contributed by atoms with van der Waals surface area (Å²) < 4.78 is 11.7. The largest absolute Gasteiger partial charge is 0.431 e. The highest BCUT2D eigenvalue weighted by atomic mass is 32.2. The smallest absolute Gasteiger partial charge is 0.273 e. The van der Waals surface area contributed by atoms with Crippen molar-refractivity contribution in [2.75, 3.05) is 4.90 Å². The minimum atomic E-state index is -0.436. The zero-order chi connectivity index (χ0) is 24.1. The molecule has 3 aromatic carbocycles. The third-order valence-corrected chi connectivity index (χ3v) is 7.74. The van der Waals surface area contributed by atoms with Gasteiger partial charge >= 0.3 is 0 Å². The van der Waals surface area contributed by atoms with Crippen LogP contribution < -0.4 is 4.90 Å². The van der Waals surface area contributed by atoms with Crippen LogP contribution in [0.3, 0.4) is 0 Å². The number of imide groups is 1. The average Bonchev–Trinajstić information content (AvgIpc) is 3.52. The highest BCUT2D eigenvalue weighted by Crippen LogP contribution is 2.45. The molecule has 0 saturated carbocycles. The normalized spacial score (nSPS) is 14.2. The minimum absolute atomic E-state index is 0.217. The number of rotatable bonds is 5. The maximum Gasteiger partial charge on any atom is 0.273 e. The Morgan fingerprint density at radius 3 is 1.71 bits per heavy atom. The quantitative estimate of drug-likeness (QED) is 0.262. The van der Waals surface area contributed by atoms with Crippen molar-refractivity contribution in [3.05, 3.63) is 87.7 Å². The second-order valence-corrected chi connectivity index (χ2v) is 9.85. The summed E-state index contributed by atoms with van der Waals surface area (Å²) in [5.74, 6) is -0.871. The molecule has 0 unspecified atom stereocenters. The molecule has 0 radical (unpaired) electrons. The molecular weight excluding hydrogens is 482 g/mol. The fourth-order valence-corrected chi connectivity index (χ4v) is 5.70. The van der Waals surface area contributed by atoms with Crippen LogP contribution in [0.1, 0.15) is 11.1 Å². The molecule has 3 heterocycles. The number of hydrogen-bond acceptors (Lipinski definition) is 8. The predicted molar refractivity (Wildman–Crippen MR) is 135 cm³/mol. The van der Waals surface area contributed by atoms with Gasteiger partial charge in [0.15, 0.2) is 11.2 Å². The molecule has 172 valence electrons. The van der Waals surface area contributed by atoms with Gasteiger partial charge < -0.3 is 8.83 Å². The van der Waals surface area contributed by atoms with Crippen LogP contribution >= 0.6 is 23.5 Å². The van der Waals surface area contributed by atoms with Crippen LogP contribution in [0.2, 0.25) is 0 Å². The Hall–Kier alpha value is -3.82. The van der Waals surface area contributed by atoms with Gasteiger partial charge in [0.05, 0.1) is 5.69 Å². The number of aromatic nitrogens is 2. The van der Waals surface area contributed by atoms with E-state index in [1.54, 1.807) is 18.2 Å². The summed E-state index contributed by atoms with van der Waals surface area (Å²) in [5.41, 5.74) is 4.94. The van der Waals surface area contributed by atoms with Gasteiger partial charge in [-0.25, -0.2) is 14.9 Å². The van der Waals surface area contributed by atoms with Crippen LogP contribution in [0, 0.1) is 13.8 Å². The van der Waals surface area contributed by atoms with E-state index in [2.05, 4.69) is 9.97 Å². The number of para-hydroxylation sites is 4. The van der Waals surface area contributed by atoms with E-state index in [9.17, 15) is 9.59 Å². The van der Waals surface area contributed by atoms with Crippen LogP contribution in [0.5, 0.6) is 0 Å². The number of aryl methyl sites for hydroxylation is 1. The van der Waals surface area contributed by atoms with Crippen LogP contribution in [-0.4, -0.2) is 21.8 Å². The van der Waals surface area contributed by atoms with E-state index >= 15 is 0 Å². The summed E-state index contributed by atoms with van der Waals surface area (Å²) in [6.45, 7) is 3.84. The summed E-state index contributed by atoms with van der Waals surface area (Å²) >= 11 is 2.06. The van der Waals surface area contributed by atoms with Gasteiger partial charge in [-0.2, -0.15) is 0 Å². The molecular formula is C26H17N3O4S2. The molecule has 0 N–H and O–H groups in total. The fraction of sp³-hybridized carbons (Fsp3) is 0.0769. The van der Waals surface area contributed by atoms with Crippen molar-refractivity contribution in [3.63, 3.8) is 0 Å². The van der Waals surface area contributed by atoms with E-state index in [4.69, 9.17) is 8.83 Å². The predicted octanol–water partition coefficient (Wildman–Crippen LogP) is 6.26. The van der Waals surface area contributed by atoms with Crippen molar-refractivity contribution >= 4 is 63.2 Å². The Labute approximate surface area is 208 Å². The topological polar surface area (TPSA) is 89.4 Å². The van der Waals surface area contributed by atoms with Crippen LogP contribution in [0.4, 0.5) is 5.69 Å². The molecule has 2 aromatic heterocycles. The molecule has 35 heavy (non-hydrogen) atoms. The van der Waals surface area contributed by atoms with Crippen molar-refractivity contribution in [3.8, 4) is 0 Å². The monoisotopic (exact) mass is 499 g/mol. The third-order valence-electron chi connectivity index (χ3n) is 5.75. The van der Waals surface area contributed by atoms with E-state index in [0.717, 1.165) is 34.7 Å². The van der Waals surface area contributed by atoms with Gasteiger partial charge in [0, 0.05) is 0 Å². The molecule has 0 aliphatic carbocycles. The first-order chi connectivity index (χ1) is 17.0. The van der Waals surface area contributed by atoms with Gasteiger partial charge in [-0.1, -0.05) is 36.4 Å². The van der Waals surface area contributed by atoms with E-state index in [-0.39, 0.29) is 20.3 Å². The molecule has 7 nitrogen and oxygen atoms in total. The summed E-state index contributed by atoms with van der Waals surface area (Å²) in [5, 5.41) is 0.557. The molecule has 0 atom stereocenters. The van der Waals surface area contributed by atoms with Crippen LogP contribution in [0.15, 0.2) is 95.8 Å². The number of oxazole rings is 2. The lowest BCUT2D eigenvalue weighted by atomic mass is 10.1. The third kappa shape index (κ3) is 3.73. The molecule has 0 fully saturated rings. The van der Waals surface area contributed by atoms with Gasteiger partial charge in [-0.15, -0.1) is 0 Å². The van der Waals surface area contributed by atoms with Gasteiger partial charge in [0.1, 0.15) is 20.8 Å². The van der Waals surface area contributed by atoms with Crippen LogP contribution in [-0.2, 0) is 9.59 Å². The number of carbonyl (C=O) groups is 2. The molecule has 6 rings (SSSR count). The molecule has 0 spiro atoms. The Bertz CT molecular complexity index is 1520. The van der Waals surface area contributed by atoms with Crippen molar-refractivity contribution in [2.24, 2.45) is 0 Å². The number of amides is 2. The Kier molecular flexibility index (Phi) is 5.23. The highest BCUT2D eigenvalue weighted by molar-refractivity contribution is 8.08. The SMILES string of the molecule is Cc1cccc(N2C(=O)C(Sc3nc4ccccc4o3)=C(Sc3nc4ccccc4o3)C2=O)c1C. The van der Waals surface area contributed by atoms with Crippen LogP contribution in [0.25, 0.3) is 22.2 Å². The second kappa shape index (κ2) is 8.44.